The predicted octanol–water partition coefficient (Wildman–Crippen LogP) is 1.14. The van der Waals surface area contributed by atoms with Crippen molar-refractivity contribution in [3.63, 3.8) is 0 Å². The van der Waals surface area contributed by atoms with Crippen LogP contribution in [0.25, 0.3) is 0 Å². The number of carboxylic acids is 1. The molecule has 0 bridgehead atoms. The number of carbonyl (C=O) groups excluding carboxylic acids is 1. The molecule has 3 atom stereocenters. The zero-order valence-electron chi connectivity index (χ0n) is 12.0. The third-order valence-corrected chi connectivity index (χ3v) is 4.51. The van der Waals surface area contributed by atoms with Gasteiger partial charge in [-0.25, -0.2) is 9.59 Å². The highest BCUT2D eigenvalue weighted by Gasteiger charge is 2.40. The Labute approximate surface area is 119 Å². The third kappa shape index (κ3) is 3.23. The first-order valence-electron chi connectivity index (χ1n) is 7.49. The minimum absolute atomic E-state index is 0.128. The largest absolute Gasteiger partial charge is 0.480 e. The standard InChI is InChI=1S/C14H24N2O4/c1-2-10-4-3-6-15(7-5-10)14(20)16-9-11(17)8-12(16)13(18)19/h10-12,17H,2-9H2,1H3,(H,18,19)/t10?,11-,12-/m0/s1. The Kier molecular flexibility index (Phi) is 4.86. The van der Waals surface area contributed by atoms with Gasteiger partial charge in [-0.1, -0.05) is 13.3 Å². The van der Waals surface area contributed by atoms with Crippen molar-refractivity contribution < 1.29 is 19.8 Å². The first kappa shape index (κ1) is 15.1. The maximum Gasteiger partial charge on any atom is 0.326 e. The van der Waals surface area contributed by atoms with Gasteiger partial charge in [0.25, 0.3) is 0 Å². The second kappa shape index (κ2) is 6.43. The average molecular weight is 284 g/mol. The molecule has 0 aliphatic carbocycles. The highest BCUT2D eigenvalue weighted by Crippen LogP contribution is 2.24. The minimum atomic E-state index is -1.03. The van der Waals surface area contributed by atoms with Crippen molar-refractivity contribution in [2.24, 2.45) is 5.92 Å². The second-order valence-corrected chi connectivity index (χ2v) is 5.87. The van der Waals surface area contributed by atoms with Crippen molar-refractivity contribution in [1.82, 2.24) is 9.80 Å². The number of aliphatic carboxylic acids is 1. The van der Waals surface area contributed by atoms with Crippen LogP contribution in [-0.2, 0) is 4.79 Å². The van der Waals surface area contributed by atoms with E-state index in [0.29, 0.717) is 19.0 Å². The molecule has 0 aromatic carbocycles. The molecule has 0 saturated carbocycles. The van der Waals surface area contributed by atoms with E-state index >= 15 is 0 Å². The molecule has 2 aliphatic rings. The van der Waals surface area contributed by atoms with Gasteiger partial charge in [-0.15, -0.1) is 0 Å². The second-order valence-electron chi connectivity index (χ2n) is 5.87. The molecule has 0 radical (unpaired) electrons. The number of aliphatic hydroxyl groups excluding tert-OH is 1. The van der Waals surface area contributed by atoms with Gasteiger partial charge in [0.15, 0.2) is 0 Å². The van der Waals surface area contributed by atoms with Gasteiger partial charge in [-0.2, -0.15) is 0 Å². The normalized spacial score (nSPS) is 31.2. The van der Waals surface area contributed by atoms with E-state index in [9.17, 15) is 14.7 Å². The average Bonchev–Trinajstić information content (AvgIpc) is 2.67. The Morgan fingerprint density at radius 3 is 2.65 bits per heavy atom. The number of amides is 2. The van der Waals surface area contributed by atoms with Crippen LogP contribution in [0.5, 0.6) is 0 Å². The minimum Gasteiger partial charge on any atom is -0.480 e. The first-order chi connectivity index (χ1) is 9.52. The van der Waals surface area contributed by atoms with E-state index in [4.69, 9.17) is 5.11 Å². The first-order valence-corrected chi connectivity index (χ1v) is 7.49. The van der Waals surface area contributed by atoms with Crippen LogP contribution >= 0.6 is 0 Å². The van der Waals surface area contributed by atoms with E-state index in [1.165, 1.54) is 4.90 Å². The molecule has 2 heterocycles. The van der Waals surface area contributed by atoms with E-state index in [-0.39, 0.29) is 19.0 Å². The number of hydrogen-bond acceptors (Lipinski definition) is 3. The summed E-state index contributed by atoms with van der Waals surface area (Å²) in [6.07, 6.45) is 3.62. The highest BCUT2D eigenvalue weighted by molar-refractivity contribution is 5.83. The smallest absolute Gasteiger partial charge is 0.326 e. The lowest BCUT2D eigenvalue weighted by atomic mass is 9.98. The number of carboxylic acid groups (broad SMARTS) is 1. The zero-order valence-corrected chi connectivity index (χ0v) is 12.0. The van der Waals surface area contributed by atoms with Crippen LogP contribution in [0, 0.1) is 5.92 Å². The van der Waals surface area contributed by atoms with Crippen LogP contribution in [0.4, 0.5) is 4.79 Å². The fourth-order valence-corrected chi connectivity index (χ4v) is 3.21. The lowest BCUT2D eigenvalue weighted by Gasteiger charge is -2.29. The third-order valence-electron chi connectivity index (χ3n) is 4.51. The Bertz CT molecular complexity index is 374. The molecule has 2 N–H and O–H groups in total. The number of aliphatic hydroxyl groups is 1. The van der Waals surface area contributed by atoms with Crippen molar-refractivity contribution in [2.75, 3.05) is 19.6 Å². The Morgan fingerprint density at radius 2 is 2.00 bits per heavy atom. The molecule has 114 valence electrons. The summed E-state index contributed by atoms with van der Waals surface area (Å²) in [6.45, 7) is 3.67. The van der Waals surface area contributed by atoms with Crippen LogP contribution in [0.15, 0.2) is 0 Å². The number of urea groups is 1. The lowest BCUT2D eigenvalue weighted by Crippen LogP contribution is -2.48. The van der Waals surface area contributed by atoms with Crippen molar-refractivity contribution in [3.05, 3.63) is 0 Å². The van der Waals surface area contributed by atoms with Crippen LogP contribution in [0.2, 0.25) is 0 Å². The topological polar surface area (TPSA) is 81.1 Å². The number of β-amino-alcohol motifs (C(OH)–C–C–N with tert-alkyl or cyclic N) is 1. The molecule has 0 aromatic heterocycles. The van der Waals surface area contributed by atoms with Crippen LogP contribution < -0.4 is 0 Å². The molecular formula is C14H24N2O4. The van der Waals surface area contributed by atoms with Gasteiger partial charge in [-0.05, 0) is 25.2 Å². The summed E-state index contributed by atoms with van der Waals surface area (Å²) in [4.78, 5) is 26.7. The van der Waals surface area contributed by atoms with Gasteiger partial charge in [0, 0.05) is 26.1 Å². The molecular weight excluding hydrogens is 260 g/mol. The van der Waals surface area contributed by atoms with Gasteiger partial charge in [0.1, 0.15) is 6.04 Å². The fourth-order valence-electron chi connectivity index (χ4n) is 3.21. The van der Waals surface area contributed by atoms with E-state index in [2.05, 4.69) is 6.92 Å². The number of likely N-dealkylation sites (tertiary alicyclic amines) is 2. The molecule has 6 heteroatoms. The Hall–Kier alpha value is -1.30. The van der Waals surface area contributed by atoms with Gasteiger partial charge >= 0.3 is 12.0 Å². The summed E-state index contributed by atoms with van der Waals surface area (Å²) in [5.41, 5.74) is 0. The number of hydrogen-bond donors (Lipinski definition) is 2. The van der Waals surface area contributed by atoms with Crippen molar-refractivity contribution in [2.45, 2.75) is 51.2 Å². The molecule has 2 rings (SSSR count). The number of rotatable bonds is 2. The van der Waals surface area contributed by atoms with Crippen LogP contribution in [-0.4, -0.2) is 63.8 Å². The van der Waals surface area contributed by atoms with Crippen molar-refractivity contribution in [3.8, 4) is 0 Å². The van der Waals surface area contributed by atoms with Gasteiger partial charge in [-0.3, -0.25) is 0 Å². The molecule has 1 unspecified atom stereocenters. The van der Waals surface area contributed by atoms with E-state index < -0.39 is 18.1 Å². The molecule has 0 spiro atoms. The fraction of sp³-hybridized carbons (Fsp3) is 0.857. The van der Waals surface area contributed by atoms with E-state index in [1.54, 1.807) is 4.90 Å². The zero-order chi connectivity index (χ0) is 14.7. The van der Waals surface area contributed by atoms with Gasteiger partial charge in [0.2, 0.25) is 0 Å². The Balaban J connectivity index is 2.01. The van der Waals surface area contributed by atoms with Gasteiger partial charge in [0.05, 0.1) is 6.10 Å². The monoisotopic (exact) mass is 284 g/mol. The van der Waals surface area contributed by atoms with E-state index in [0.717, 1.165) is 25.7 Å². The van der Waals surface area contributed by atoms with Gasteiger partial charge < -0.3 is 20.0 Å². The summed E-state index contributed by atoms with van der Waals surface area (Å²) in [7, 11) is 0. The molecule has 20 heavy (non-hydrogen) atoms. The summed E-state index contributed by atoms with van der Waals surface area (Å²) >= 11 is 0. The van der Waals surface area contributed by atoms with Crippen LogP contribution in [0.1, 0.15) is 39.0 Å². The lowest BCUT2D eigenvalue weighted by molar-refractivity contribution is -0.141. The summed E-state index contributed by atoms with van der Waals surface area (Å²) in [5.74, 6) is -0.372. The molecule has 0 aromatic rings. The molecule has 2 amide bonds. The SMILES string of the molecule is CCC1CCCN(C(=O)N2C[C@@H](O)C[C@H]2C(=O)O)CC1. The Morgan fingerprint density at radius 1 is 1.25 bits per heavy atom. The van der Waals surface area contributed by atoms with E-state index in [1.807, 2.05) is 0 Å². The van der Waals surface area contributed by atoms with Crippen LogP contribution in [0.3, 0.4) is 0 Å². The summed E-state index contributed by atoms with van der Waals surface area (Å²) in [6, 6.07) is -1.12. The highest BCUT2D eigenvalue weighted by atomic mass is 16.4. The maximum atomic E-state index is 12.5. The summed E-state index contributed by atoms with van der Waals surface area (Å²) in [5, 5.41) is 18.8. The molecule has 2 aliphatic heterocycles. The molecule has 2 saturated heterocycles. The number of nitrogens with zero attached hydrogens (tertiary/aromatic N) is 2. The summed E-state index contributed by atoms with van der Waals surface area (Å²) < 4.78 is 0. The van der Waals surface area contributed by atoms with Crippen molar-refractivity contribution in [1.29, 1.82) is 0 Å². The number of carbonyl (C=O) groups is 2. The maximum absolute atomic E-state index is 12.5. The molecule has 6 nitrogen and oxygen atoms in total. The quantitative estimate of drug-likeness (QED) is 0.796. The molecule has 2 fully saturated rings. The van der Waals surface area contributed by atoms with Crippen molar-refractivity contribution >= 4 is 12.0 Å². The predicted molar refractivity (Wildman–Crippen MR) is 73.4 cm³/mol.